The molecule has 0 radical (unpaired) electrons. The lowest BCUT2D eigenvalue weighted by atomic mass is 10.0. The topological polar surface area (TPSA) is 156 Å². The predicted molar refractivity (Wildman–Crippen MR) is 224 cm³/mol. The van der Waals surface area contributed by atoms with E-state index in [-0.39, 0.29) is 45.0 Å². The number of imidazole rings is 1. The fraction of sp³-hybridized carbons (Fsp3) is 0.476. The minimum Gasteiger partial charge on any atom is -0.444 e. The van der Waals surface area contributed by atoms with Gasteiger partial charge in [0.2, 0.25) is 5.91 Å². The Bertz CT molecular complexity index is 2180. The Labute approximate surface area is 353 Å². The molecule has 60 heavy (non-hydrogen) atoms. The van der Waals surface area contributed by atoms with Gasteiger partial charge in [-0.05, 0) is 84.9 Å². The van der Waals surface area contributed by atoms with E-state index >= 15 is 8.78 Å². The second-order valence-corrected chi connectivity index (χ2v) is 16.1. The Kier molecular flexibility index (Phi) is 15.4. The van der Waals surface area contributed by atoms with Gasteiger partial charge in [-0.25, -0.2) is 18.6 Å². The van der Waals surface area contributed by atoms with Gasteiger partial charge < -0.3 is 39.4 Å². The Hall–Kier alpha value is -5.39. The summed E-state index contributed by atoms with van der Waals surface area (Å²) < 4.78 is 44.4. The zero-order valence-corrected chi connectivity index (χ0v) is 36.0. The van der Waals surface area contributed by atoms with Gasteiger partial charge in [0.15, 0.2) is 17.5 Å². The number of rotatable bonds is 16. The monoisotopic (exact) mass is 853 g/mol. The van der Waals surface area contributed by atoms with Crippen LogP contribution in [-0.4, -0.2) is 130 Å². The molecular formula is C42H54ClF2N9O6. The van der Waals surface area contributed by atoms with Gasteiger partial charge in [-0.3, -0.25) is 19.1 Å². The number of amides is 4. The number of nitrogens with zero attached hydrogens (tertiary/aromatic N) is 7. The normalized spacial score (nSPS) is 13.2. The lowest BCUT2D eigenvalue weighted by Gasteiger charge is -2.35. The molecule has 1 aliphatic heterocycles. The lowest BCUT2D eigenvalue weighted by molar-refractivity contribution is -0.132. The fourth-order valence-corrected chi connectivity index (χ4v) is 7.11. The van der Waals surface area contributed by atoms with Gasteiger partial charge in [0, 0.05) is 81.4 Å². The van der Waals surface area contributed by atoms with E-state index in [1.54, 1.807) is 34.6 Å². The molecule has 4 aromatic rings. The van der Waals surface area contributed by atoms with E-state index < -0.39 is 29.2 Å². The number of alkyl carbamates (subject to hydrolysis) is 1. The number of ether oxygens (including phenoxy) is 2. The molecule has 0 spiro atoms. The number of aromatic nitrogens is 4. The SMILES string of the molecule is COCCn1ncc(-c2ccc(-c3cnc(C(=O)Nc4ccc(C(=O)N5CCN(C(=O)CCCN(C)CCCNC(=O)OC(C)(C)C)CC5)c(Cl)c4)n3C)c(F)c2F)c1C. The lowest BCUT2D eigenvalue weighted by Crippen LogP contribution is -2.50. The molecule has 2 N–H and O–H groups in total. The Morgan fingerprint density at radius 2 is 1.60 bits per heavy atom. The van der Waals surface area contributed by atoms with E-state index in [0.29, 0.717) is 75.7 Å². The third kappa shape index (κ3) is 11.5. The smallest absolute Gasteiger partial charge is 0.407 e. The number of methoxy groups -OCH3 is 1. The van der Waals surface area contributed by atoms with Crippen LogP contribution in [0.25, 0.3) is 22.4 Å². The molecule has 0 bridgehead atoms. The maximum Gasteiger partial charge on any atom is 0.407 e. The summed E-state index contributed by atoms with van der Waals surface area (Å²) >= 11 is 6.55. The number of benzene rings is 2. The summed E-state index contributed by atoms with van der Waals surface area (Å²) in [5.41, 5.74) is 1.28. The van der Waals surface area contributed by atoms with Gasteiger partial charge in [-0.15, -0.1) is 0 Å². The number of nitrogens with one attached hydrogen (secondary N) is 2. The molecule has 2 aromatic carbocycles. The van der Waals surface area contributed by atoms with Gasteiger partial charge in [0.05, 0.1) is 41.8 Å². The summed E-state index contributed by atoms with van der Waals surface area (Å²) in [6.45, 7) is 11.6. The molecule has 15 nitrogen and oxygen atoms in total. The van der Waals surface area contributed by atoms with E-state index in [1.807, 2.05) is 27.8 Å². The van der Waals surface area contributed by atoms with Crippen LogP contribution in [0.3, 0.4) is 0 Å². The molecule has 3 heterocycles. The average Bonchev–Trinajstić information content (AvgIpc) is 3.76. The van der Waals surface area contributed by atoms with Crippen molar-refractivity contribution in [3.63, 3.8) is 0 Å². The van der Waals surface area contributed by atoms with E-state index in [0.717, 1.165) is 19.5 Å². The summed E-state index contributed by atoms with van der Waals surface area (Å²) in [7, 11) is 5.06. The maximum atomic E-state index is 15.6. The molecule has 4 amide bonds. The van der Waals surface area contributed by atoms with Crippen LogP contribution < -0.4 is 10.6 Å². The van der Waals surface area contributed by atoms with Crippen LogP contribution in [0.5, 0.6) is 0 Å². The van der Waals surface area contributed by atoms with E-state index in [9.17, 15) is 19.2 Å². The molecule has 324 valence electrons. The largest absolute Gasteiger partial charge is 0.444 e. The van der Waals surface area contributed by atoms with Crippen LogP contribution in [0.2, 0.25) is 5.02 Å². The number of carbonyl (C=O) groups excluding carboxylic acids is 4. The van der Waals surface area contributed by atoms with Crippen LogP contribution in [0.4, 0.5) is 19.3 Å². The minimum atomic E-state index is -1.09. The third-order valence-electron chi connectivity index (χ3n) is 10.1. The van der Waals surface area contributed by atoms with E-state index in [4.69, 9.17) is 21.1 Å². The highest BCUT2D eigenvalue weighted by atomic mass is 35.5. The summed E-state index contributed by atoms with van der Waals surface area (Å²) in [5, 5.41) is 9.85. The first kappa shape index (κ1) is 45.7. The molecule has 5 rings (SSSR count). The van der Waals surface area contributed by atoms with Crippen molar-refractivity contribution < 1.29 is 37.4 Å². The molecular weight excluding hydrogens is 800 g/mol. The van der Waals surface area contributed by atoms with Gasteiger partial charge in [0.25, 0.3) is 11.8 Å². The first-order valence-corrected chi connectivity index (χ1v) is 20.2. The van der Waals surface area contributed by atoms with Gasteiger partial charge in [-0.2, -0.15) is 5.10 Å². The molecule has 0 aliphatic carbocycles. The Balaban J connectivity index is 1.09. The molecule has 2 aromatic heterocycles. The zero-order valence-electron chi connectivity index (χ0n) is 35.2. The maximum absolute atomic E-state index is 15.6. The van der Waals surface area contributed by atoms with Gasteiger partial charge in [-0.1, -0.05) is 17.7 Å². The standard InChI is InChI=1S/C42H54ClF2N9O6/c1-27-32(25-48-54(27)22-23-59-7)29-13-14-31(37(45)36(29)44)34-26-47-38(51(34)6)39(56)49-28-11-12-30(33(43)24-28)40(57)53-20-18-52(19-21-53)35(55)10-8-16-50(5)17-9-15-46-41(58)60-42(2,3)4/h11-14,24-26H,8-10,15-23H2,1-7H3,(H,46,58)(H,49,56). The summed E-state index contributed by atoms with van der Waals surface area (Å²) in [6, 6.07) is 7.43. The van der Waals surface area contributed by atoms with Crippen molar-refractivity contribution in [1.82, 2.24) is 39.3 Å². The molecule has 0 atom stereocenters. The van der Waals surface area contributed by atoms with Crippen LogP contribution in [0, 0.1) is 18.6 Å². The van der Waals surface area contributed by atoms with E-state index in [2.05, 4.69) is 25.6 Å². The highest BCUT2D eigenvalue weighted by molar-refractivity contribution is 6.34. The third-order valence-corrected chi connectivity index (χ3v) is 10.5. The highest BCUT2D eigenvalue weighted by Crippen LogP contribution is 2.33. The number of anilines is 1. The molecule has 1 saturated heterocycles. The first-order valence-electron chi connectivity index (χ1n) is 19.8. The molecule has 1 fully saturated rings. The molecule has 18 heteroatoms. The van der Waals surface area contributed by atoms with Crippen molar-refractivity contribution in [2.45, 2.75) is 59.1 Å². The summed E-state index contributed by atoms with van der Waals surface area (Å²) in [4.78, 5) is 61.2. The van der Waals surface area contributed by atoms with Crippen molar-refractivity contribution in [2.24, 2.45) is 7.05 Å². The van der Waals surface area contributed by atoms with Crippen LogP contribution in [-0.2, 0) is 27.9 Å². The second kappa shape index (κ2) is 20.2. The van der Waals surface area contributed by atoms with Crippen molar-refractivity contribution >= 4 is 41.1 Å². The number of carbonyl (C=O) groups is 4. The summed E-state index contributed by atoms with van der Waals surface area (Å²) in [5.74, 6) is -3.10. The predicted octanol–water partition coefficient (Wildman–Crippen LogP) is 6.00. The molecule has 0 saturated carbocycles. The van der Waals surface area contributed by atoms with Crippen molar-refractivity contribution in [3.05, 3.63) is 76.5 Å². The molecule has 1 aliphatic rings. The van der Waals surface area contributed by atoms with Crippen molar-refractivity contribution in [3.8, 4) is 22.4 Å². The number of hydrogen-bond donors (Lipinski definition) is 2. The number of piperazine rings is 1. The van der Waals surface area contributed by atoms with Crippen LogP contribution in [0.15, 0.2) is 42.7 Å². The summed E-state index contributed by atoms with van der Waals surface area (Å²) in [6.07, 6.45) is 4.17. The number of halogens is 3. The Morgan fingerprint density at radius 1 is 0.933 bits per heavy atom. The zero-order chi connectivity index (χ0) is 43.7. The van der Waals surface area contributed by atoms with Gasteiger partial charge in [0.1, 0.15) is 5.60 Å². The average molecular weight is 854 g/mol. The highest BCUT2D eigenvalue weighted by Gasteiger charge is 2.27. The number of hydrogen-bond acceptors (Lipinski definition) is 9. The fourth-order valence-electron chi connectivity index (χ4n) is 6.85. The van der Waals surface area contributed by atoms with Crippen LogP contribution in [0.1, 0.15) is 66.7 Å². The first-order chi connectivity index (χ1) is 28.5. The quantitative estimate of drug-likeness (QED) is 0.129. The van der Waals surface area contributed by atoms with Crippen molar-refractivity contribution in [1.29, 1.82) is 0 Å². The van der Waals surface area contributed by atoms with Crippen molar-refractivity contribution in [2.75, 3.05) is 71.9 Å². The second-order valence-electron chi connectivity index (χ2n) is 15.7. The minimum absolute atomic E-state index is 0.0313. The Morgan fingerprint density at radius 3 is 2.28 bits per heavy atom. The van der Waals surface area contributed by atoms with E-state index in [1.165, 1.54) is 48.3 Å². The van der Waals surface area contributed by atoms with Crippen LogP contribution >= 0.6 is 11.6 Å². The molecule has 0 unspecified atom stereocenters. The van der Waals surface area contributed by atoms with Gasteiger partial charge >= 0.3 is 6.09 Å².